The summed E-state index contributed by atoms with van der Waals surface area (Å²) >= 11 is 5.91. The Labute approximate surface area is 180 Å². The normalized spacial score (nSPS) is 11.6. The molecule has 0 saturated carbocycles. The quantitative estimate of drug-likeness (QED) is 0.486. The smallest absolute Gasteiger partial charge is 0.265 e. The van der Waals surface area contributed by atoms with Crippen molar-refractivity contribution in [3.8, 4) is 5.69 Å². The molecule has 0 aliphatic carbocycles. The summed E-state index contributed by atoms with van der Waals surface area (Å²) in [5, 5.41) is 9.14. The van der Waals surface area contributed by atoms with Gasteiger partial charge in [0.25, 0.3) is 10.0 Å². The Morgan fingerprint density at radius 2 is 1.83 bits per heavy atom. The van der Waals surface area contributed by atoms with Crippen molar-refractivity contribution in [1.82, 2.24) is 19.6 Å². The maximum Gasteiger partial charge on any atom is 0.265 e. The van der Waals surface area contributed by atoms with Crippen LogP contribution in [-0.2, 0) is 16.6 Å². The van der Waals surface area contributed by atoms with E-state index in [0.29, 0.717) is 28.6 Å². The predicted molar refractivity (Wildman–Crippen MR) is 117 cm³/mol. The molecule has 0 fully saturated rings. The average molecular weight is 442 g/mol. The molecule has 4 rings (SSSR count). The molecular formula is C21H20ClN5O2S. The third-order valence-electron chi connectivity index (χ3n) is 4.62. The Morgan fingerprint density at radius 1 is 1.07 bits per heavy atom. The van der Waals surface area contributed by atoms with Crippen LogP contribution < -0.4 is 4.72 Å². The largest absolute Gasteiger partial charge is 0.280 e. The molecule has 0 radical (unpaired) electrons. The molecule has 0 aliphatic rings. The van der Waals surface area contributed by atoms with Gasteiger partial charge in [-0.1, -0.05) is 41.9 Å². The van der Waals surface area contributed by atoms with Gasteiger partial charge in [-0.25, -0.2) is 13.1 Å². The molecule has 2 aromatic carbocycles. The first-order valence-electron chi connectivity index (χ1n) is 9.25. The lowest BCUT2D eigenvalue weighted by Gasteiger charge is -2.10. The summed E-state index contributed by atoms with van der Waals surface area (Å²) in [5.41, 5.74) is 3.15. The number of benzene rings is 2. The molecule has 0 bridgehead atoms. The first-order chi connectivity index (χ1) is 14.3. The number of aromatic nitrogens is 4. The number of anilines is 1. The summed E-state index contributed by atoms with van der Waals surface area (Å²) in [7, 11) is -3.82. The minimum atomic E-state index is -3.82. The van der Waals surface area contributed by atoms with E-state index in [0.717, 1.165) is 11.3 Å². The van der Waals surface area contributed by atoms with E-state index in [1.807, 2.05) is 36.4 Å². The summed E-state index contributed by atoms with van der Waals surface area (Å²) in [5.74, 6) is 0. The monoisotopic (exact) mass is 441 g/mol. The van der Waals surface area contributed by atoms with Crippen LogP contribution in [0.15, 0.2) is 71.9 Å². The topological polar surface area (TPSA) is 81.8 Å². The number of hydrogen-bond acceptors (Lipinski definition) is 4. The number of nitrogens with one attached hydrogen (secondary N) is 1. The Balaban J connectivity index is 1.62. The lowest BCUT2D eigenvalue weighted by atomic mass is 10.2. The summed E-state index contributed by atoms with van der Waals surface area (Å²) in [6.07, 6.45) is 3.27. The van der Waals surface area contributed by atoms with Gasteiger partial charge >= 0.3 is 0 Å². The fourth-order valence-electron chi connectivity index (χ4n) is 3.39. The molecule has 2 aromatic heterocycles. The van der Waals surface area contributed by atoms with Gasteiger partial charge in [-0.2, -0.15) is 10.2 Å². The molecular weight excluding hydrogens is 422 g/mol. The van der Waals surface area contributed by atoms with E-state index < -0.39 is 10.0 Å². The van der Waals surface area contributed by atoms with Gasteiger partial charge < -0.3 is 0 Å². The molecule has 4 aromatic rings. The number of sulfonamides is 1. The van der Waals surface area contributed by atoms with E-state index in [-0.39, 0.29) is 4.90 Å². The van der Waals surface area contributed by atoms with Crippen molar-refractivity contribution in [2.24, 2.45) is 0 Å². The Hall–Kier alpha value is -3.10. The van der Waals surface area contributed by atoms with Gasteiger partial charge in [0.1, 0.15) is 4.90 Å². The number of hydrogen-bond donors (Lipinski definition) is 1. The second-order valence-corrected chi connectivity index (χ2v) is 8.96. The van der Waals surface area contributed by atoms with Crippen molar-refractivity contribution in [3.63, 3.8) is 0 Å². The van der Waals surface area contributed by atoms with Crippen LogP contribution in [-0.4, -0.2) is 28.0 Å². The van der Waals surface area contributed by atoms with Crippen LogP contribution in [0.2, 0.25) is 5.02 Å². The highest BCUT2D eigenvalue weighted by atomic mass is 35.5. The van der Waals surface area contributed by atoms with E-state index in [2.05, 4.69) is 14.9 Å². The maximum atomic E-state index is 13.2. The zero-order valence-corrected chi connectivity index (χ0v) is 18.0. The van der Waals surface area contributed by atoms with Crippen LogP contribution in [0.1, 0.15) is 17.0 Å². The fraction of sp³-hybridized carbons (Fsp3) is 0.143. The molecule has 2 heterocycles. The van der Waals surface area contributed by atoms with Crippen molar-refractivity contribution >= 4 is 27.3 Å². The van der Waals surface area contributed by atoms with Crippen molar-refractivity contribution in [1.29, 1.82) is 0 Å². The van der Waals surface area contributed by atoms with Crippen LogP contribution in [0.3, 0.4) is 0 Å². The van der Waals surface area contributed by atoms with Crippen LogP contribution in [0.5, 0.6) is 0 Å². The van der Waals surface area contributed by atoms with Crippen molar-refractivity contribution < 1.29 is 8.42 Å². The summed E-state index contributed by atoms with van der Waals surface area (Å²) < 4.78 is 32.3. The summed E-state index contributed by atoms with van der Waals surface area (Å²) in [6.45, 7) is 3.92. The molecule has 30 heavy (non-hydrogen) atoms. The number of rotatable bonds is 6. The molecule has 0 amide bonds. The third-order valence-corrected chi connectivity index (χ3v) is 6.45. The van der Waals surface area contributed by atoms with Crippen molar-refractivity contribution in [2.45, 2.75) is 25.3 Å². The highest BCUT2D eigenvalue weighted by Crippen LogP contribution is 2.25. The minimum absolute atomic E-state index is 0.176. The van der Waals surface area contributed by atoms with Gasteiger partial charge in [-0.3, -0.25) is 9.40 Å². The van der Waals surface area contributed by atoms with E-state index in [4.69, 9.17) is 11.6 Å². The lowest BCUT2D eigenvalue weighted by molar-refractivity contribution is 0.600. The zero-order chi connectivity index (χ0) is 21.3. The predicted octanol–water partition coefficient (Wildman–Crippen LogP) is 4.19. The third kappa shape index (κ3) is 4.10. The number of para-hydroxylation sites is 1. The molecule has 7 nitrogen and oxygen atoms in total. The van der Waals surface area contributed by atoms with Crippen LogP contribution in [0.4, 0.5) is 5.69 Å². The van der Waals surface area contributed by atoms with Gasteiger partial charge in [0.2, 0.25) is 0 Å². The number of halogens is 1. The maximum absolute atomic E-state index is 13.2. The molecule has 154 valence electrons. The second kappa shape index (κ2) is 7.97. The molecule has 1 N–H and O–H groups in total. The molecule has 9 heteroatoms. The summed E-state index contributed by atoms with van der Waals surface area (Å²) in [6, 6.07) is 16.6. The van der Waals surface area contributed by atoms with Crippen LogP contribution >= 0.6 is 11.6 Å². The average Bonchev–Trinajstić information content (AvgIpc) is 3.24. The molecule has 0 spiro atoms. The van der Waals surface area contributed by atoms with Gasteiger partial charge in [-0.15, -0.1) is 0 Å². The van der Waals surface area contributed by atoms with Crippen molar-refractivity contribution in [3.05, 3.63) is 89.0 Å². The van der Waals surface area contributed by atoms with Crippen molar-refractivity contribution in [2.75, 3.05) is 4.72 Å². The molecule has 0 aliphatic heterocycles. The minimum Gasteiger partial charge on any atom is -0.280 e. The Kier molecular flexibility index (Phi) is 5.36. The van der Waals surface area contributed by atoms with E-state index >= 15 is 0 Å². The number of aryl methyl sites for hydroxylation is 1. The van der Waals surface area contributed by atoms with Crippen LogP contribution in [0.25, 0.3) is 5.69 Å². The van der Waals surface area contributed by atoms with Gasteiger partial charge in [0.15, 0.2) is 0 Å². The fourth-order valence-corrected chi connectivity index (χ4v) is 4.99. The Morgan fingerprint density at radius 3 is 2.53 bits per heavy atom. The van der Waals surface area contributed by atoms with Crippen LogP contribution in [0, 0.1) is 13.8 Å². The number of nitrogens with zero attached hydrogens (tertiary/aromatic N) is 4. The second-order valence-electron chi connectivity index (χ2n) is 6.91. The first-order valence-corrected chi connectivity index (χ1v) is 11.1. The molecule has 0 saturated heterocycles. The van der Waals surface area contributed by atoms with E-state index in [9.17, 15) is 8.42 Å². The van der Waals surface area contributed by atoms with E-state index in [1.54, 1.807) is 53.8 Å². The molecule has 0 atom stereocenters. The highest BCUT2D eigenvalue weighted by Gasteiger charge is 2.25. The molecule has 0 unspecified atom stereocenters. The van der Waals surface area contributed by atoms with Gasteiger partial charge in [0, 0.05) is 11.9 Å². The Bertz CT molecular complexity index is 1300. The van der Waals surface area contributed by atoms with E-state index in [1.165, 1.54) is 0 Å². The SMILES string of the molecule is Cc1nn(-c2ccccc2)c(C)c1S(=O)(=O)Nc1cccc(Cn2cc(Cl)cn2)c1. The highest BCUT2D eigenvalue weighted by molar-refractivity contribution is 7.92. The van der Waals surface area contributed by atoms with Gasteiger partial charge in [0.05, 0.1) is 34.8 Å². The zero-order valence-electron chi connectivity index (χ0n) is 16.4. The van der Waals surface area contributed by atoms with Gasteiger partial charge in [-0.05, 0) is 43.7 Å². The first kappa shape index (κ1) is 20.2. The lowest BCUT2D eigenvalue weighted by Crippen LogP contribution is -2.15. The standard InChI is InChI=1S/C21H20ClN5O2S/c1-15-21(16(2)27(24-15)20-9-4-3-5-10-20)30(28,29)25-19-8-6-7-17(11-19)13-26-14-18(22)12-23-26/h3-12,14,25H,13H2,1-2H3. The summed E-state index contributed by atoms with van der Waals surface area (Å²) in [4.78, 5) is 0.176.